The van der Waals surface area contributed by atoms with Crippen molar-refractivity contribution < 1.29 is 10.2 Å². The Morgan fingerprint density at radius 2 is 0.950 bits per heavy atom. The minimum atomic E-state index is 0.194. The first kappa shape index (κ1) is 43.7. The standard InChI is InChI=1S/2C24H26BrN3OS/c2*1-14-7-15(2)22(16(3)8-14)24(4)10-18(11-24)20-13-30-23(27-20)28-26-12-17-9-19(25)5-6-21(17)29/h2*5-9,12-13,18,29H,10-11H2,1-4H3,(H,27,28)/b2*26-12+. The predicted molar refractivity (Wildman–Crippen MR) is 258 cm³/mol. The van der Waals surface area contributed by atoms with E-state index in [4.69, 9.17) is 9.97 Å². The molecule has 2 aromatic heterocycles. The van der Waals surface area contributed by atoms with Crippen LogP contribution in [0.2, 0.25) is 0 Å². The van der Waals surface area contributed by atoms with Crippen LogP contribution in [-0.2, 0) is 10.8 Å². The van der Waals surface area contributed by atoms with E-state index in [1.807, 2.05) is 12.1 Å². The molecule has 4 N–H and O–H groups in total. The van der Waals surface area contributed by atoms with E-state index in [0.717, 1.165) is 56.3 Å². The largest absolute Gasteiger partial charge is 0.507 e. The summed E-state index contributed by atoms with van der Waals surface area (Å²) >= 11 is 9.94. The highest BCUT2D eigenvalue weighted by atomic mass is 79.9. The maximum atomic E-state index is 9.89. The molecule has 2 aliphatic rings. The van der Waals surface area contributed by atoms with Crippen molar-refractivity contribution in [3.8, 4) is 11.5 Å². The molecule has 0 amide bonds. The topological polar surface area (TPSA) is 115 Å². The van der Waals surface area contributed by atoms with Gasteiger partial charge in [0.1, 0.15) is 11.5 Å². The number of halogens is 2. The Balaban J connectivity index is 0.000000181. The third kappa shape index (κ3) is 9.72. The lowest BCUT2D eigenvalue weighted by atomic mass is 9.57. The van der Waals surface area contributed by atoms with Gasteiger partial charge < -0.3 is 10.2 Å². The zero-order valence-electron chi connectivity index (χ0n) is 35.3. The van der Waals surface area contributed by atoms with Crippen LogP contribution in [-0.4, -0.2) is 32.6 Å². The molecule has 0 aliphatic heterocycles. The summed E-state index contributed by atoms with van der Waals surface area (Å²) in [6.07, 6.45) is 7.69. The van der Waals surface area contributed by atoms with Gasteiger partial charge in [-0.05, 0) is 148 Å². The summed E-state index contributed by atoms with van der Waals surface area (Å²) < 4.78 is 1.79. The molecule has 0 radical (unpaired) electrons. The van der Waals surface area contributed by atoms with Gasteiger partial charge in [-0.1, -0.05) is 81.1 Å². The number of thiazole rings is 2. The maximum Gasteiger partial charge on any atom is 0.203 e. The van der Waals surface area contributed by atoms with E-state index in [1.165, 1.54) is 44.5 Å². The van der Waals surface area contributed by atoms with Crippen LogP contribution in [0.15, 0.2) is 90.6 Å². The monoisotopic (exact) mass is 966 g/mol. The van der Waals surface area contributed by atoms with Crippen LogP contribution in [0.4, 0.5) is 10.3 Å². The molecule has 6 aromatic rings. The quantitative estimate of drug-likeness (QED) is 0.0803. The lowest BCUT2D eigenvalue weighted by molar-refractivity contribution is 0.219. The molecule has 2 heterocycles. The maximum absolute atomic E-state index is 9.89. The number of hydrogen-bond donors (Lipinski definition) is 4. The predicted octanol–water partition coefficient (Wildman–Crippen LogP) is 13.6. The first-order valence-electron chi connectivity index (χ1n) is 20.1. The second-order valence-electron chi connectivity index (χ2n) is 17.2. The number of aromatic hydroxyl groups is 2. The molecule has 2 saturated carbocycles. The van der Waals surface area contributed by atoms with Crippen molar-refractivity contribution in [2.45, 2.75) is 104 Å². The molecule has 0 bridgehead atoms. The van der Waals surface area contributed by atoms with E-state index >= 15 is 0 Å². The van der Waals surface area contributed by atoms with E-state index in [9.17, 15) is 10.2 Å². The van der Waals surface area contributed by atoms with Gasteiger partial charge in [0.05, 0.1) is 23.8 Å². The number of aryl methyl sites for hydroxylation is 6. The Hall–Kier alpha value is -4.36. The number of hydrazone groups is 2. The van der Waals surface area contributed by atoms with Crippen molar-refractivity contribution in [2.75, 3.05) is 10.9 Å². The van der Waals surface area contributed by atoms with Gasteiger partial charge in [-0.3, -0.25) is 10.9 Å². The molecule has 8 nitrogen and oxygen atoms in total. The van der Waals surface area contributed by atoms with Crippen molar-refractivity contribution in [3.63, 3.8) is 0 Å². The SMILES string of the molecule is Cc1cc(C)c(C2(C)CC(c3csc(N/N=C/c4cc(Br)ccc4O)n3)C2)c(C)c1.Cc1cc(C)c(C2(C)CC(c3csc(N/N=C/c4cc(Br)ccc4O)n3)C2)c(C)c1. The number of phenolic OH excluding ortho intramolecular Hbond substituents is 2. The summed E-state index contributed by atoms with van der Waals surface area (Å²) in [6.45, 7) is 18.0. The second kappa shape index (κ2) is 17.9. The van der Waals surface area contributed by atoms with Crippen LogP contribution in [0.5, 0.6) is 11.5 Å². The van der Waals surface area contributed by atoms with Gasteiger partial charge in [-0.25, -0.2) is 9.97 Å². The van der Waals surface area contributed by atoms with Crippen molar-refractivity contribution in [1.82, 2.24) is 9.97 Å². The summed E-state index contributed by atoms with van der Waals surface area (Å²) in [7, 11) is 0. The van der Waals surface area contributed by atoms with Crippen LogP contribution in [0.25, 0.3) is 0 Å². The minimum Gasteiger partial charge on any atom is -0.507 e. The van der Waals surface area contributed by atoms with Crippen molar-refractivity contribution >= 4 is 77.2 Å². The minimum absolute atomic E-state index is 0.194. The number of benzene rings is 4. The van der Waals surface area contributed by atoms with Gasteiger partial charge in [0.15, 0.2) is 0 Å². The van der Waals surface area contributed by atoms with Gasteiger partial charge in [0.2, 0.25) is 10.3 Å². The summed E-state index contributed by atoms with van der Waals surface area (Å²) in [5.74, 6) is 1.36. The summed E-state index contributed by atoms with van der Waals surface area (Å²) in [4.78, 5) is 9.49. The molecule has 60 heavy (non-hydrogen) atoms. The Morgan fingerprint density at radius 1 is 0.600 bits per heavy atom. The molecule has 0 unspecified atom stereocenters. The molecule has 2 aliphatic carbocycles. The van der Waals surface area contributed by atoms with Crippen LogP contribution in [0, 0.1) is 41.5 Å². The zero-order valence-corrected chi connectivity index (χ0v) is 40.1. The summed E-state index contributed by atoms with van der Waals surface area (Å²) in [5, 5.41) is 34.1. The molecule has 312 valence electrons. The number of phenols is 2. The number of nitrogens with zero attached hydrogens (tertiary/aromatic N) is 4. The van der Waals surface area contributed by atoms with E-state index in [0.29, 0.717) is 23.0 Å². The van der Waals surface area contributed by atoms with Crippen molar-refractivity contribution in [3.05, 3.63) is 147 Å². The average molecular weight is 969 g/mol. The van der Waals surface area contributed by atoms with E-state index in [-0.39, 0.29) is 22.3 Å². The van der Waals surface area contributed by atoms with Gasteiger partial charge in [0, 0.05) is 42.7 Å². The lowest BCUT2D eigenvalue weighted by Gasteiger charge is -2.47. The Kier molecular flexibility index (Phi) is 13.1. The first-order valence-corrected chi connectivity index (χ1v) is 23.5. The fourth-order valence-electron chi connectivity index (χ4n) is 9.77. The van der Waals surface area contributed by atoms with Crippen LogP contribution < -0.4 is 10.9 Å². The number of aromatic nitrogens is 2. The molecule has 2 fully saturated rings. The van der Waals surface area contributed by atoms with E-state index < -0.39 is 0 Å². The summed E-state index contributed by atoms with van der Waals surface area (Å²) in [5.41, 5.74) is 21.3. The molecular weight excluding hydrogens is 917 g/mol. The number of nitrogens with one attached hydrogen (secondary N) is 2. The Labute approximate surface area is 378 Å². The highest BCUT2D eigenvalue weighted by Crippen LogP contribution is 2.55. The van der Waals surface area contributed by atoms with Gasteiger partial charge >= 0.3 is 0 Å². The van der Waals surface area contributed by atoms with Gasteiger partial charge in [-0.2, -0.15) is 10.2 Å². The van der Waals surface area contributed by atoms with Gasteiger partial charge in [-0.15, -0.1) is 22.7 Å². The first-order chi connectivity index (χ1) is 28.5. The zero-order chi connectivity index (χ0) is 42.9. The summed E-state index contributed by atoms with van der Waals surface area (Å²) in [6, 6.07) is 19.7. The van der Waals surface area contributed by atoms with Crippen LogP contribution >= 0.6 is 54.5 Å². The molecule has 0 spiro atoms. The second-order valence-corrected chi connectivity index (χ2v) is 20.7. The molecule has 8 rings (SSSR count). The highest BCUT2D eigenvalue weighted by Gasteiger charge is 2.45. The van der Waals surface area contributed by atoms with E-state index in [2.05, 4.69) is 143 Å². The van der Waals surface area contributed by atoms with Crippen LogP contribution in [0.1, 0.15) is 118 Å². The number of anilines is 2. The normalized spacial score (nSPS) is 21.0. The Bertz CT molecular complexity index is 2360. The number of hydrogen-bond acceptors (Lipinski definition) is 10. The molecule has 12 heteroatoms. The van der Waals surface area contributed by atoms with Crippen molar-refractivity contribution in [2.24, 2.45) is 10.2 Å². The fraction of sp³-hybridized carbons (Fsp3) is 0.333. The van der Waals surface area contributed by atoms with Gasteiger partial charge in [0.25, 0.3) is 0 Å². The molecule has 4 aromatic carbocycles. The average Bonchev–Trinajstić information content (AvgIpc) is 3.82. The molecule has 0 saturated heterocycles. The fourth-order valence-corrected chi connectivity index (χ4v) is 12.0. The molecule has 0 atom stereocenters. The Morgan fingerprint density at radius 3 is 1.30 bits per heavy atom. The lowest BCUT2D eigenvalue weighted by Crippen LogP contribution is -2.38. The highest BCUT2D eigenvalue weighted by molar-refractivity contribution is 9.10. The smallest absolute Gasteiger partial charge is 0.203 e. The third-order valence-electron chi connectivity index (χ3n) is 11.9. The van der Waals surface area contributed by atoms with Crippen LogP contribution in [0.3, 0.4) is 0 Å². The number of rotatable bonds is 10. The van der Waals surface area contributed by atoms with E-state index in [1.54, 1.807) is 59.4 Å². The third-order valence-corrected chi connectivity index (χ3v) is 14.5. The van der Waals surface area contributed by atoms with Crippen molar-refractivity contribution in [1.29, 1.82) is 0 Å². The molecular formula is C48H52Br2N6O2S2.